The van der Waals surface area contributed by atoms with Crippen molar-refractivity contribution in [2.24, 2.45) is 0 Å². The highest BCUT2D eigenvalue weighted by molar-refractivity contribution is 7.89. The molecule has 0 N–H and O–H groups in total. The van der Waals surface area contributed by atoms with Gasteiger partial charge in [-0.1, -0.05) is 0 Å². The fraction of sp³-hybridized carbons (Fsp3) is 0.667. The topological polar surface area (TPSA) is 70.2 Å². The van der Waals surface area contributed by atoms with Gasteiger partial charge in [-0.25, -0.2) is 8.42 Å². The maximum absolute atomic E-state index is 13.1. The van der Waals surface area contributed by atoms with Crippen LogP contribution in [0.15, 0.2) is 29.2 Å². The van der Waals surface area contributed by atoms with E-state index in [9.17, 15) is 13.2 Å². The van der Waals surface area contributed by atoms with Crippen LogP contribution in [0.1, 0.15) is 40.0 Å². The van der Waals surface area contributed by atoms with Crippen LogP contribution >= 0.6 is 0 Å². The number of carbonyl (C=O) groups excluding carboxylic acids is 1. The Bertz CT molecular complexity index is 794. The SMILES string of the molecule is COc1ccc(S(=O)(=O)N2CCN([C@H](C)C(=O)N3[C@H](C)CCC[C@@H]3C)CC2)cc1. The van der Waals surface area contributed by atoms with Crippen LogP contribution in [0.5, 0.6) is 5.75 Å². The van der Waals surface area contributed by atoms with E-state index >= 15 is 0 Å². The van der Waals surface area contributed by atoms with E-state index in [1.807, 2.05) is 11.8 Å². The average molecular weight is 424 g/mol. The lowest BCUT2D eigenvalue weighted by molar-refractivity contribution is -0.143. The molecule has 2 heterocycles. The number of sulfonamides is 1. The van der Waals surface area contributed by atoms with E-state index in [-0.39, 0.29) is 28.9 Å². The highest BCUT2D eigenvalue weighted by Gasteiger charge is 2.36. The van der Waals surface area contributed by atoms with Crippen LogP contribution in [-0.2, 0) is 14.8 Å². The average Bonchev–Trinajstić information content (AvgIpc) is 2.73. The summed E-state index contributed by atoms with van der Waals surface area (Å²) in [4.78, 5) is 17.5. The maximum atomic E-state index is 13.1. The summed E-state index contributed by atoms with van der Waals surface area (Å²) in [7, 11) is -1.99. The van der Waals surface area contributed by atoms with Gasteiger partial charge in [-0.3, -0.25) is 9.69 Å². The van der Waals surface area contributed by atoms with Crippen molar-refractivity contribution in [3.8, 4) is 5.75 Å². The first kappa shape index (κ1) is 22.1. The molecule has 0 bridgehead atoms. The van der Waals surface area contributed by atoms with E-state index in [1.54, 1.807) is 31.4 Å². The number of amides is 1. The fourth-order valence-corrected chi connectivity index (χ4v) is 5.88. The van der Waals surface area contributed by atoms with Crippen molar-refractivity contribution in [2.75, 3.05) is 33.3 Å². The van der Waals surface area contributed by atoms with Gasteiger partial charge in [-0.2, -0.15) is 4.31 Å². The number of likely N-dealkylation sites (tertiary alicyclic amines) is 1. The van der Waals surface area contributed by atoms with Crippen molar-refractivity contribution in [3.63, 3.8) is 0 Å². The molecule has 0 spiro atoms. The predicted molar refractivity (Wildman–Crippen MR) is 112 cm³/mol. The van der Waals surface area contributed by atoms with Crippen molar-refractivity contribution in [1.29, 1.82) is 0 Å². The summed E-state index contributed by atoms with van der Waals surface area (Å²) >= 11 is 0. The minimum absolute atomic E-state index is 0.163. The van der Waals surface area contributed by atoms with E-state index in [4.69, 9.17) is 4.74 Å². The molecule has 1 amide bonds. The van der Waals surface area contributed by atoms with Crippen LogP contribution in [0.3, 0.4) is 0 Å². The highest BCUT2D eigenvalue weighted by atomic mass is 32.2. The zero-order chi connectivity index (χ0) is 21.2. The first-order valence-electron chi connectivity index (χ1n) is 10.5. The number of methoxy groups -OCH3 is 1. The van der Waals surface area contributed by atoms with Crippen LogP contribution < -0.4 is 4.74 Å². The van der Waals surface area contributed by atoms with Crippen molar-refractivity contribution in [1.82, 2.24) is 14.1 Å². The lowest BCUT2D eigenvalue weighted by atomic mass is 9.96. The summed E-state index contributed by atoms with van der Waals surface area (Å²) in [6.45, 7) is 8.08. The zero-order valence-electron chi connectivity index (χ0n) is 17.9. The Kier molecular flexibility index (Phi) is 6.86. The Hall–Kier alpha value is -1.64. The molecule has 3 rings (SSSR count). The molecule has 2 fully saturated rings. The number of hydrogen-bond acceptors (Lipinski definition) is 5. The molecule has 1 aromatic carbocycles. The lowest BCUT2D eigenvalue weighted by Gasteiger charge is -2.43. The van der Waals surface area contributed by atoms with Gasteiger partial charge in [-0.05, 0) is 64.3 Å². The molecular weight excluding hydrogens is 390 g/mol. The van der Waals surface area contributed by atoms with Crippen molar-refractivity contribution in [2.45, 2.75) is 63.1 Å². The molecule has 3 atom stereocenters. The van der Waals surface area contributed by atoms with Gasteiger partial charge in [0.15, 0.2) is 0 Å². The molecular formula is C21H33N3O4S. The Morgan fingerprint density at radius 2 is 1.59 bits per heavy atom. The third-order valence-corrected chi connectivity index (χ3v) is 8.24. The first-order valence-corrected chi connectivity index (χ1v) is 11.9. The van der Waals surface area contributed by atoms with Crippen LogP contribution in [0, 0.1) is 0 Å². The summed E-state index contributed by atoms with van der Waals surface area (Å²) < 4.78 is 32.5. The van der Waals surface area contributed by atoms with Gasteiger partial charge in [0.2, 0.25) is 15.9 Å². The molecule has 8 heteroatoms. The molecule has 162 valence electrons. The largest absolute Gasteiger partial charge is 0.497 e. The van der Waals surface area contributed by atoms with Crippen molar-refractivity contribution in [3.05, 3.63) is 24.3 Å². The Morgan fingerprint density at radius 3 is 2.10 bits per heavy atom. The maximum Gasteiger partial charge on any atom is 0.243 e. The van der Waals surface area contributed by atoms with Crippen LogP contribution in [0.25, 0.3) is 0 Å². The van der Waals surface area contributed by atoms with Gasteiger partial charge in [-0.15, -0.1) is 0 Å². The van der Waals surface area contributed by atoms with E-state index in [2.05, 4.69) is 18.7 Å². The van der Waals surface area contributed by atoms with E-state index < -0.39 is 10.0 Å². The van der Waals surface area contributed by atoms with Crippen molar-refractivity contribution >= 4 is 15.9 Å². The molecule has 0 aromatic heterocycles. The van der Waals surface area contributed by atoms with Crippen molar-refractivity contribution < 1.29 is 17.9 Å². The van der Waals surface area contributed by atoms with Gasteiger partial charge < -0.3 is 9.64 Å². The summed E-state index contributed by atoms with van der Waals surface area (Å²) in [5.41, 5.74) is 0. The third kappa shape index (κ3) is 4.59. The number of hydrogen-bond donors (Lipinski definition) is 0. The summed E-state index contributed by atoms with van der Waals surface area (Å²) in [6, 6.07) is 6.77. The molecule has 0 unspecified atom stereocenters. The summed E-state index contributed by atoms with van der Waals surface area (Å²) in [5.74, 6) is 0.790. The number of piperidine rings is 1. The molecule has 2 aliphatic heterocycles. The minimum Gasteiger partial charge on any atom is -0.497 e. The number of piperazine rings is 1. The molecule has 2 saturated heterocycles. The molecule has 0 radical (unpaired) electrons. The highest BCUT2D eigenvalue weighted by Crippen LogP contribution is 2.25. The lowest BCUT2D eigenvalue weighted by Crippen LogP contribution is -2.58. The smallest absolute Gasteiger partial charge is 0.243 e. The fourth-order valence-electron chi connectivity index (χ4n) is 4.46. The van der Waals surface area contributed by atoms with Gasteiger partial charge >= 0.3 is 0 Å². The van der Waals surface area contributed by atoms with E-state index in [0.29, 0.717) is 31.9 Å². The molecule has 1 aromatic rings. The molecule has 29 heavy (non-hydrogen) atoms. The van der Waals surface area contributed by atoms with E-state index in [0.717, 1.165) is 12.8 Å². The number of nitrogens with zero attached hydrogens (tertiary/aromatic N) is 3. The van der Waals surface area contributed by atoms with Gasteiger partial charge in [0.25, 0.3) is 0 Å². The van der Waals surface area contributed by atoms with Crippen LogP contribution in [-0.4, -0.2) is 79.8 Å². The molecule has 0 aliphatic carbocycles. The van der Waals surface area contributed by atoms with Crippen LogP contribution in [0.4, 0.5) is 0 Å². The normalized spacial score (nSPS) is 25.6. The first-order chi connectivity index (χ1) is 13.8. The third-order valence-electron chi connectivity index (χ3n) is 6.32. The van der Waals surface area contributed by atoms with Crippen LogP contribution in [0.2, 0.25) is 0 Å². The van der Waals surface area contributed by atoms with Gasteiger partial charge in [0, 0.05) is 38.3 Å². The molecule has 7 nitrogen and oxygen atoms in total. The second-order valence-electron chi connectivity index (χ2n) is 8.17. The molecule has 2 aliphatic rings. The molecule has 0 saturated carbocycles. The standard InChI is InChI=1S/C21H33N3O4S/c1-16-6-5-7-17(2)24(16)21(25)18(3)22-12-14-23(15-13-22)29(26,27)20-10-8-19(28-4)9-11-20/h8-11,16-18H,5-7,12-15H2,1-4H3/t16-,17+,18-/m1/s1. The summed E-state index contributed by atoms with van der Waals surface area (Å²) in [6.07, 6.45) is 3.27. The number of benzene rings is 1. The predicted octanol–water partition coefficient (Wildman–Crippen LogP) is 2.18. The van der Waals surface area contributed by atoms with E-state index in [1.165, 1.54) is 10.7 Å². The van der Waals surface area contributed by atoms with Gasteiger partial charge in [0.1, 0.15) is 5.75 Å². The van der Waals surface area contributed by atoms with Gasteiger partial charge in [0.05, 0.1) is 18.0 Å². The number of carbonyl (C=O) groups is 1. The Balaban J connectivity index is 1.62. The monoisotopic (exact) mass is 423 g/mol. The number of ether oxygens (including phenoxy) is 1. The number of rotatable bonds is 5. The second kappa shape index (κ2) is 9.02. The zero-order valence-corrected chi connectivity index (χ0v) is 18.7. The minimum atomic E-state index is -3.54. The summed E-state index contributed by atoms with van der Waals surface area (Å²) in [5, 5.41) is 0. The second-order valence-corrected chi connectivity index (χ2v) is 10.1. The Labute approximate surface area is 174 Å². The Morgan fingerprint density at radius 1 is 1.03 bits per heavy atom. The quantitative estimate of drug-likeness (QED) is 0.726.